The van der Waals surface area contributed by atoms with Crippen molar-refractivity contribution in [1.29, 1.82) is 0 Å². The molecule has 2 aromatic carbocycles. The molecular weight excluding hydrogens is 404 g/mol. The van der Waals surface area contributed by atoms with Crippen LogP contribution in [0.2, 0.25) is 0 Å². The Morgan fingerprint density at radius 3 is 2.57 bits per heavy atom. The molecule has 146 valence electrons. The highest BCUT2D eigenvalue weighted by Crippen LogP contribution is 2.36. The highest BCUT2D eigenvalue weighted by Gasteiger charge is 2.26. The number of benzene rings is 2. The van der Waals surface area contributed by atoms with Gasteiger partial charge in [-0.15, -0.1) is 0 Å². The van der Waals surface area contributed by atoms with Crippen LogP contribution in [0.25, 0.3) is 10.2 Å². The molecule has 0 aliphatic carbocycles. The number of carbonyl (C=O) groups is 1. The average molecular weight is 420 g/mol. The molecular formula is C17H16N4O5S2. The van der Waals surface area contributed by atoms with Gasteiger partial charge in [0.2, 0.25) is 0 Å². The van der Waals surface area contributed by atoms with Crippen LogP contribution in [-0.2, 0) is 15.6 Å². The van der Waals surface area contributed by atoms with Gasteiger partial charge in [0.15, 0.2) is 15.0 Å². The Hall–Kier alpha value is -3.05. The Bertz CT molecular complexity index is 1140. The van der Waals surface area contributed by atoms with E-state index in [0.29, 0.717) is 16.8 Å². The topological polar surface area (TPSA) is 131 Å². The molecule has 0 bridgehead atoms. The number of urea groups is 1. The Labute approximate surface area is 164 Å². The van der Waals surface area contributed by atoms with Crippen molar-refractivity contribution in [3.05, 3.63) is 58.1 Å². The van der Waals surface area contributed by atoms with E-state index < -0.39 is 26.5 Å². The SMILES string of the molecule is CCNC(=O)Nc1nc2ccc([N+](=O)[O-])c(CS(=O)(=O)c3ccccc3)c2s1. The van der Waals surface area contributed by atoms with E-state index >= 15 is 0 Å². The zero-order valence-electron chi connectivity index (χ0n) is 14.7. The van der Waals surface area contributed by atoms with Gasteiger partial charge in [0.05, 0.1) is 31.4 Å². The number of hydrogen-bond acceptors (Lipinski definition) is 7. The van der Waals surface area contributed by atoms with Crippen LogP contribution in [0.5, 0.6) is 0 Å². The molecule has 2 N–H and O–H groups in total. The van der Waals surface area contributed by atoms with Crippen molar-refractivity contribution in [2.24, 2.45) is 0 Å². The Kier molecular flexibility index (Phi) is 5.56. The first-order chi connectivity index (χ1) is 13.3. The van der Waals surface area contributed by atoms with E-state index in [-0.39, 0.29) is 21.3 Å². The molecule has 0 spiro atoms. The number of nitrogens with one attached hydrogen (secondary N) is 2. The number of hydrogen-bond donors (Lipinski definition) is 2. The summed E-state index contributed by atoms with van der Waals surface area (Å²) in [6.45, 7) is 2.18. The van der Waals surface area contributed by atoms with Crippen molar-refractivity contribution in [2.45, 2.75) is 17.6 Å². The second kappa shape index (κ2) is 7.90. The van der Waals surface area contributed by atoms with Crippen LogP contribution < -0.4 is 10.6 Å². The first-order valence-corrected chi connectivity index (χ1v) is 10.7. The smallest absolute Gasteiger partial charge is 0.321 e. The van der Waals surface area contributed by atoms with Gasteiger partial charge in [-0.3, -0.25) is 15.4 Å². The molecule has 11 heteroatoms. The number of nitrogens with zero attached hydrogens (tertiary/aromatic N) is 2. The lowest BCUT2D eigenvalue weighted by atomic mass is 10.2. The van der Waals surface area contributed by atoms with Crippen LogP contribution in [-0.4, -0.2) is 30.9 Å². The van der Waals surface area contributed by atoms with E-state index in [1.54, 1.807) is 25.1 Å². The maximum absolute atomic E-state index is 12.8. The van der Waals surface area contributed by atoms with Crippen molar-refractivity contribution < 1.29 is 18.1 Å². The summed E-state index contributed by atoms with van der Waals surface area (Å²) in [5.41, 5.74) is 0.119. The van der Waals surface area contributed by atoms with Gasteiger partial charge >= 0.3 is 6.03 Å². The minimum absolute atomic E-state index is 0.0489. The molecule has 0 fully saturated rings. The number of nitro benzene ring substituents is 1. The van der Waals surface area contributed by atoms with Crippen LogP contribution >= 0.6 is 11.3 Å². The molecule has 0 aliphatic heterocycles. The normalized spacial score (nSPS) is 11.3. The predicted octanol–water partition coefficient (Wildman–Crippen LogP) is 3.32. The summed E-state index contributed by atoms with van der Waals surface area (Å²) in [5, 5.41) is 16.8. The van der Waals surface area contributed by atoms with E-state index in [2.05, 4.69) is 15.6 Å². The Morgan fingerprint density at radius 2 is 1.93 bits per heavy atom. The van der Waals surface area contributed by atoms with Crippen LogP contribution in [0.4, 0.5) is 15.6 Å². The van der Waals surface area contributed by atoms with Gasteiger partial charge in [-0.2, -0.15) is 0 Å². The number of fused-ring (bicyclic) bond motifs is 1. The second-order valence-electron chi connectivity index (χ2n) is 5.74. The average Bonchev–Trinajstić information content (AvgIpc) is 3.05. The number of anilines is 1. The zero-order valence-corrected chi connectivity index (χ0v) is 16.3. The highest BCUT2D eigenvalue weighted by atomic mass is 32.2. The van der Waals surface area contributed by atoms with Gasteiger partial charge in [0, 0.05) is 12.6 Å². The van der Waals surface area contributed by atoms with Gasteiger partial charge < -0.3 is 5.32 Å². The fourth-order valence-corrected chi connectivity index (χ4v) is 5.10. The minimum Gasteiger partial charge on any atom is -0.338 e. The fourth-order valence-electron chi connectivity index (χ4n) is 2.60. The fraction of sp³-hybridized carbons (Fsp3) is 0.176. The van der Waals surface area contributed by atoms with E-state index in [0.717, 1.165) is 11.3 Å². The number of nitro groups is 1. The van der Waals surface area contributed by atoms with Gasteiger partial charge in [-0.1, -0.05) is 29.5 Å². The van der Waals surface area contributed by atoms with Crippen molar-refractivity contribution in [3.8, 4) is 0 Å². The third-order valence-electron chi connectivity index (χ3n) is 3.83. The van der Waals surface area contributed by atoms with Gasteiger partial charge in [-0.05, 0) is 25.1 Å². The molecule has 28 heavy (non-hydrogen) atoms. The Morgan fingerprint density at radius 1 is 1.21 bits per heavy atom. The van der Waals surface area contributed by atoms with Gasteiger partial charge in [0.25, 0.3) is 5.69 Å². The van der Waals surface area contributed by atoms with E-state index in [9.17, 15) is 23.3 Å². The summed E-state index contributed by atoms with van der Waals surface area (Å²) in [5.74, 6) is -0.548. The van der Waals surface area contributed by atoms with Gasteiger partial charge in [-0.25, -0.2) is 18.2 Å². The summed E-state index contributed by atoms with van der Waals surface area (Å²) in [6, 6.07) is 9.94. The maximum Gasteiger partial charge on any atom is 0.321 e. The molecule has 0 saturated carbocycles. The molecule has 2 amide bonds. The zero-order chi connectivity index (χ0) is 20.3. The molecule has 1 heterocycles. The molecule has 9 nitrogen and oxygen atoms in total. The predicted molar refractivity (Wildman–Crippen MR) is 106 cm³/mol. The lowest BCUT2D eigenvalue weighted by Crippen LogP contribution is -2.28. The maximum atomic E-state index is 12.8. The van der Waals surface area contributed by atoms with Crippen LogP contribution in [0.1, 0.15) is 12.5 Å². The number of carbonyl (C=O) groups excluding carboxylic acids is 1. The van der Waals surface area contributed by atoms with E-state index in [4.69, 9.17) is 0 Å². The van der Waals surface area contributed by atoms with Crippen LogP contribution in [0, 0.1) is 10.1 Å². The number of rotatable bonds is 6. The molecule has 0 saturated heterocycles. The van der Waals surface area contributed by atoms with Crippen molar-refractivity contribution in [2.75, 3.05) is 11.9 Å². The van der Waals surface area contributed by atoms with Crippen molar-refractivity contribution in [1.82, 2.24) is 10.3 Å². The summed E-state index contributed by atoms with van der Waals surface area (Å²) >= 11 is 0.994. The number of sulfone groups is 1. The molecule has 1 aromatic heterocycles. The van der Waals surface area contributed by atoms with Gasteiger partial charge in [0.1, 0.15) is 0 Å². The van der Waals surface area contributed by atoms with E-state index in [1.807, 2.05) is 0 Å². The Balaban J connectivity index is 2.08. The van der Waals surface area contributed by atoms with Crippen molar-refractivity contribution >= 4 is 48.2 Å². The molecule has 0 aliphatic rings. The first-order valence-electron chi connectivity index (χ1n) is 8.21. The molecule has 0 radical (unpaired) electrons. The molecule has 3 rings (SSSR count). The lowest BCUT2D eigenvalue weighted by Gasteiger charge is -2.06. The monoisotopic (exact) mass is 420 g/mol. The molecule has 0 unspecified atom stereocenters. The summed E-state index contributed by atoms with van der Waals surface area (Å²) in [7, 11) is -3.81. The number of thiazole rings is 1. The van der Waals surface area contributed by atoms with Crippen molar-refractivity contribution in [3.63, 3.8) is 0 Å². The van der Waals surface area contributed by atoms with Crippen LogP contribution in [0.15, 0.2) is 47.4 Å². The summed E-state index contributed by atoms with van der Waals surface area (Å²) < 4.78 is 25.9. The second-order valence-corrected chi connectivity index (χ2v) is 8.73. The minimum atomic E-state index is -3.81. The third-order valence-corrected chi connectivity index (χ3v) is 6.53. The summed E-state index contributed by atoms with van der Waals surface area (Å²) in [6.07, 6.45) is 0. The summed E-state index contributed by atoms with van der Waals surface area (Å²) in [4.78, 5) is 26.9. The number of amides is 2. The standard InChI is InChI=1S/C17H16N4O5S2/c1-2-18-16(22)20-17-19-13-8-9-14(21(23)24)12(15(13)27-17)10-28(25,26)11-6-4-3-5-7-11/h3-9H,2,10H2,1H3,(H2,18,19,20,22). The quantitative estimate of drug-likeness (QED) is 0.464. The number of aromatic nitrogens is 1. The van der Waals surface area contributed by atoms with Crippen LogP contribution in [0.3, 0.4) is 0 Å². The highest BCUT2D eigenvalue weighted by molar-refractivity contribution is 7.90. The lowest BCUT2D eigenvalue weighted by molar-refractivity contribution is -0.385. The largest absolute Gasteiger partial charge is 0.338 e. The third kappa shape index (κ3) is 4.10. The molecule has 3 aromatic rings. The van der Waals surface area contributed by atoms with E-state index in [1.165, 1.54) is 24.3 Å². The molecule has 0 atom stereocenters. The first kappa shape index (κ1) is 19.7.